The molecule has 0 aromatic heterocycles. The summed E-state index contributed by atoms with van der Waals surface area (Å²) in [6.45, 7) is 3.38. The first kappa shape index (κ1) is 10.5. The van der Waals surface area contributed by atoms with E-state index in [1.54, 1.807) is 12.1 Å². The molecule has 1 heterocycles. The molecule has 1 aromatic rings. The van der Waals surface area contributed by atoms with E-state index in [1.807, 2.05) is 19.1 Å². The number of aromatic hydroxyl groups is 1. The molecule has 1 aromatic carbocycles. The van der Waals surface area contributed by atoms with E-state index in [-0.39, 0.29) is 11.7 Å². The van der Waals surface area contributed by atoms with Crippen LogP contribution in [0.1, 0.15) is 24.8 Å². The van der Waals surface area contributed by atoms with Gasteiger partial charge in [-0.15, -0.1) is 0 Å². The van der Waals surface area contributed by atoms with Crippen LogP contribution in [0.15, 0.2) is 24.3 Å². The van der Waals surface area contributed by atoms with E-state index in [2.05, 4.69) is 5.32 Å². The van der Waals surface area contributed by atoms with E-state index < -0.39 is 5.60 Å². The molecule has 1 fully saturated rings. The second kappa shape index (κ2) is 3.83. The van der Waals surface area contributed by atoms with Crippen LogP contribution in [0.5, 0.6) is 5.75 Å². The molecule has 2 unspecified atom stereocenters. The van der Waals surface area contributed by atoms with Crippen LogP contribution in [-0.4, -0.2) is 28.9 Å². The standard InChI is InChI=1S/C12H17NO2/c1-12(15)6-7-13-8-10(12)9-4-2-3-5-11(9)14/h2-5,10,13-15H,6-8H2,1H3. The Kier molecular flexibility index (Phi) is 2.67. The third-order valence-electron chi connectivity index (χ3n) is 3.22. The van der Waals surface area contributed by atoms with Gasteiger partial charge in [0.1, 0.15) is 5.75 Å². The Bertz CT molecular complexity index is 349. The summed E-state index contributed by atoms with van der Waals surface area (Å²) in [6, 6.07) is 7.23. The molecule has 2 rings (SSSR count). The SMILES string of the molecule is CC1(O)CCNCC1c1ccccc1O. The van der Waals surface area contributed by atoms with Gasteiger partial charge in [0.2, 0.25) is 0 Å². The zero-order valence-electron chi connectivity index (χ0n) is 8.90. The number of para-hydroxylation sites is 1. The minimum absolute atomic E-state index is 0.0348. The third-order valence-corrected chi connectivity index (χ3v) is 3.22. The second-order valence-electron chi connectivity index (χ2n) is 4.42. The summed E-state index contributed by atoms with van der Waals surface area (Å²) in [7, 11) is 0. The summed E-state index contributed by atoms with van der Waals surface area (Å²) in [4.78, 5) is 0. The van der Waals surface area contributed by atoms with Gasteiger partial charge in [0.05, 0.1) is 5.60 Å². The van der Waals surface area contributed by atoms with Crippen molar-refractivity contribution in [2.45, 2.75) is 24.9 Å². The van der Waals surface area contributed by atoms with Crippen LogP contribution < -0.4 is 5.32 Å². The highest BCUT2D eigenvalue weighted by Crippen LogP contribution is 2.36. The molecule has 3 N–H and O–H groups in total. The number of rotatable bonds is 1. The minimum atomic E-state index is -0.732. The van der Waals surface area contributed by atoms with Gasteiger partial charge in [0, 0.05) is 18.0 Å². The van der Waals surface area contributed by atoms with E-state index in [0.29, 0.717) is 13.0 Å². The van der Waals surface area contributed by atoms with Crippen molar-refractivity contribution in [3.8, 4) is 5.75 Å². The Labute approximate surface area is 89.8 Å². The molecular weight excluding hydrogens is 190 g/mol. The third kappa shape index (κ3) is 1.98. The molecule has 82 valence electrons. The maximum atomic E-state index is 10.3. The van der Waals surface area contributed by atoms with Gasteiger partial charge in [-0.05, 0) is 26.0 Å². The number of phenols is 1. The van der Waals surface area contributed by atoms with Crippen LogP contribution in [0.3, 0.4) is 0 Å². The number of aliphatic hydroxyl groups is 1. The largest absolute Gasteiger partial charge is 0.508 e. The Hall–Kier alpha value is -1.06. The molecule has 3 heteroatoms. The van der Waals surface area contributed by atoms with Gasteiger partial charge in [0.15, 0.2) is 0 Å². The van der Waals surface area contributed by atoms with Gasteiger partial charge in [-0.3, -0.25) is 0 Å². The van der Waals surface area contributed by atoms with E-state index in [0.717, 1.165) is 12.1 Å². The summed E-state index contributed by atoms with van der Waals surface area (Å²) < 4.78 is 0. The van der Waals surface area contributed by atoms with Crippen molar-refractivity contribution in [1.29, 1.82) is 0 Å². The highest BCUT2D eigenvalue weighted by molar-refractivity contribution is 5.37. The van der Waals surface area contributed by atoms with Crippen molar-refractivity contribution >= 4 is 0 Å². The zero-order valence-corrected chi connectivity index (χ0v) is 8.90. The molecule has 15 heavy (non-hydrogen) atoms. The van der Waals surface area contributed by atoms with Gasteiger partial charge in [-0.2, -0.15) is 0 Å². The number of piperidine rings is 1. The van der Waals surface area contributed by atoms with Crippen LogP contribution in [0.4, 0.5) is 0 Å². The monoisotopic (exact) mass is 207 g/mol. The van der Waals surface area contributed by atoms with Crippen molar-refractivity contribution in [1.82, 2.24) is 5.32 Å². The lowest BCUT2D eigenvalue weighted by Crippen LogP contribution is -2.46. The number of benzene rings is 1. The predicted molar refractivity (Wildman–Crippen MR) is 59.0 cm³/mol. The minimum Gasteiger partial charge on any atom is -0.508 e. The summed E-state index contributed by atoms with van der Waals surface area (Å²) in [5, 5.41) is 23.3. The number of nitrogens with one attached hydrogen (secondary N) is 1. The fourth-order valence-corrected chi connectivity index (χ4v) is 2.21. The van der Waals surface area contributed by atoms with Crippen molar-refractivity contribution < 1.29 is 10.2 Å². The molecule has 0 radical (unpaired) electrons. The van der Waals surface area contributed by atoms with Crippen LogP contribution in [0.25, 0.3) is 0 Å². The van der Waals surface area contributed by atoms with E-state index in [1.165, 1.54) is 0 Å². The predicted octanol–water partition coefficient (Wildman–Crippen LogP) is 1.22. The average Bonchev–Trinajstić information content (AvgIpc) is 2.19. The van der Waals surface area contributed by atoms with Crippen LogP contribution in [0.2, 0.25) is 0 Å². The van der Waals surface area contributed by atoms with Gasteiger partial charge in [-0.1, -0.05) is 18.2 Å². The highest BCUT2D eigenvalue weighted by Gasteiger charge is 2.36. The molecule has 0 saturated carbocycles. The molecule has 1 aliphatic heterocycles. The van der Waals surface area contributed by atoms with Crippen molar-refractivity contribution in [2.24, 2.45) is 0 Å². The van der Waals surface area contributed by atoms with Crippen LogP contribution in [0, 0.1) is 0 Å². The van der Waals surface area contributed by atoms with E-state index in [9.17, 15) is 10.2 Å². The maximum Gasteiger partial charge on any atom is 0.119 e. The molecule has 1 aliphatic rings. The Balaban J connectivity index is 2.33. The fraction of sp³-hybridized carbons (Fsp3) is 0.500. The maximum absolute atomic E-state index is 10.3. The van der Waals surface area contributed by atoms with Crippen LogP contribution in [-0.2, 0) is 0 Å². The lowest BCUT2D eigenvalue weighted by atomic mass is 9.78. The molecule has 0 bridgehead atoms. The van der Waals surface area contributed by atoms with Gasteiger partial charge in [-0.25, -0.2) is 0 Å². The Morgan fingerprint density at radius 3 is 2.80 bits per heavy atom. The average molecular weight is 207 g/mol. The molecule has 3 nitrogen and oxygen atoms in total. The Morgan fingerprint density at radius 2 is 2.13 bits per heavy atom. The molecular formula is C12H17NO2. The molecule has 0 amide bonds. The van der Waals surface area contributed by atoms with E-state index >= 15 is 0 Å². The number of hydrogen-bond acceptors (Lipinski definition) is 3. The van der Waals surface area contributed by atoms with Crippen molar-refractivity contribution in [3.63, 3.8) is 0 Å². The summed E-state index contributed by atoms with van der Waals surface area (Å²) in [5.41, 5.74) is 0.0964. The van der Waals surface area contributed by atoms with E-state index in [4.69, 9.17) is 0 Å². The van der Waals surface area contributed by atoms with Crippen molar-refractivity contribution in [3.05, 3.63) is 29.8 Å². The van der Waals surface area contributed by atoms with Crippen LogP contribution >= 0.6 is 0 Å². The first-order valence-electron chi connectivity index (χ1n) is 5.32. The van der Waals surface area contributed by atoms with Crippen molar-refractivity contribution in [2.75, 3.05) is 13.1 Å². The quantitative estimate of drug-likeness (QED) is 0.649. The number of phenolic OH excluding ortho intramolecular Hbond substituents is 1. The van der Waals surface area contributed by atoms with Gasteiger partial charge in [0.25, 0.3) is 0 Å². The van der Waals surface area contributed by atoms with Gasteiger partial charge < -0.3 is 15.5 Å². The van der Waals surface area contributed by atoms with Gasteiger partial charge >= 0.3 is 0 Å². The highest BCUT2D eigenvalue weighted by atomic mass is 16.3. The first-order chi connectivity index (χ1) is 7.11. The molecule has 0 spiro atoms. The summed E-state index contributed by atoms with van der Waals surface area (Å²) in [5.74, 6) is 0.235. The normalized spacial score (nSPS) is 31.5. The molecule has 0 aliphatic carbocycles. The first-order valence-corrected chi connectivity index (χ1v) is 5.32. The lowest BCUT2D eigenvalue weighted by molar-refractivity contribution is 0.00711. The topological polar surface area (TPSA) is 52.5 Å². The summed E-state index contributed by atoms with van der Waals surface area (Å²) >= 11 is 0. The zero-order chi connectivity index (χ0) is 10.9. The number of hydrogen-bond donors (Lipinski definition) is 3. The fourth-order valence-electron chi connectivity index (χ4n) is 2.21. The lowest BCUT2D eigenvalue weighted by Gasteiger charge is -2.38. The summed E-state index contributed by atoms with van der Waals surface area (Å²) in [6.07, 6.45) is 0.714. The molecule has 1 saturated heterocycles. The molecule has 2 atom stereocenters. The Morgan fingerprint density at radius 1 is 1.40 bits per heavy atom. The second-order valence-corrected chi connectivity index (χ2v) is 4.42. The smallest absolute Gasteiger partial charge is 0.119 e.